The Balaban J connectivity index is 0.000000438. The average molecular weight is 395 g/mol. The number of nitriles is 1. The van der Waals surface area contributed by atoms with Gasteiger partial charge in [0, 0.05) is 6.54 Å². The van der Waals surface area contributed by atoms with Crippen LogP contribution in [0.15, 0.2) is 42.7 Å². The van der Waals surface area contributed by atoms with Crippen LogP contribution in [-0.4, -0.2) is 38.3 Å². The molecule has 0 spiro atoms. The first kappa shape index (κ1) is 21.4. The maximum absolute atomic E-state index is 9.10. The number of benzene rings is 2. The normalized spacial score (nSPS) is 9.97. The number of hydrogen-bond acceptors (Lipinski definition) is 5. The first-order valence-corrected chi connectivity index (χ1v) is 8.83. The number of fused-ring (bicyclic) bond motifs is 1. The topological polar surface area (TPSA) is 125 Å². The summed E-state index contributed by atoms with van der Waals surface area (Å²) in [5.74, 6) is -3.00. The van der Waals surface area contributed by atoms with E-state index in [2.05, 4.69) is 41.6 Å². The van der Waals surface area contributed by atoms with E-state index in [-0.39, 0.29) is 0 Å². The van der Waals surface area contributed by atoms with Crippen molar-refractivity contribution >= 4 is 23.0 Å². The Morgan fingerprint density at radius 3 is 2.45 bits per heavy atom. The molecule has 3 rings (SSSR count). The molecule has 1 heterocycles. The van der Waals surface area contributed by atoms with Crippen molar-refractivity contribution in [2.75, 3.05) is 6.61 Å². The lowest BCUT2D eigenvalue weighted by molar-refractivity contribution is -0.159. The van der Waals surface area contributed by atoms with E-state index in [9.17, 15) is 0 Å². The van der Waals surface area contributed by atoms with E-state index in [1.54, 1.807) is 6.07 Å². The number of aromatic nitrogens is 2. The van der Waals surface area contributed by atoms with Gasteiger partial charge < -0.3 is 19.5 Å². The van der Waals surface area contributed by atoms with Gasteiger partial charge in [0.1, 0.15) is 11.8 Å². The Kier molecular flexibility index (Phi) is 7.32. The third-order valence-corrected chi connectivity index (χ3v) is 4.23. The molecule has 2 N–H and O–H groups in total. The summed E-state index contributed by atoms with van der Waals surface area (Å²) in [6.45, 7) is 5.64. The standard InChI is InChI=1S/C19H19N3O.C2H2O4/c1-14-10-17-18(11-15(14)2)22(13-21-17)8-5-9-23-19-7-4-3-6-16(19)12-20;3-1(4)2(5)6/h3-4,6-7,10-11,13H,5,8-9H2,1-2H3;(H,3,4)(H,5,6). The molecule has 0 radical (unpaired) electrons. The lowest BCUT2D eigenvalue weighted by Gasteiger charge is -2.09. The summed E-state index contributed by atoms with van der Waals surface area (Å²) < 4.78 is 7.88. The average Bonchev–Trinajstić information content (AvgIpc) is 3.08. The van der Waals surface area contributed by atoms with Crippen LogP contribution in [0.5, 0.6) is 5.75 Å². The highest BCUT2D eigenvalue weighted by molar-refractivity contribution is 6.27. The second-order valence-corrected chi connectivity index (χ2v) is 6.28. The van der Waals surface area contributed by atoms with Gasteiger partial charge in [-0.25, -0.2) is 14.6 Å². The maximum atomic E-state index is 9.10. The van der Waals surface area contributed by atoms with Gasteiger partial charge in [-0.2, -0.15) is 5.26 Å². The summed E-state index contributed by atoms with van der Waals surface area (Å²) in [6, 6.07) is 13.8. The zero-order valence-electron chi connectivity index (χ0n) is 16.1. The molecule has 0 aliphatic heterocycles. The summed E-state index contributed by atoms with van der Waals surface area (Å²) in [5.41, 5.74) is 5.30. The van der Waals surface area contributed by atoms with E-state index >= 15 is 0 Å². The number of nitrogens with zero attached hydrogens (tertiary/aromatic N) is 3. The van der Waals surface area contributed by atoms with Gasteiger partial charge >= 0.3 is 11.9 Å². The van der Waals surface area contributed by atoms with Crippen molar-refractivity contribution in [3.8, 4) is 11.8 Å². The predicted molar refractivity (Wildman–Crippen MR) is 106 cm³/mol. The van der Waals surface area contributed by atoms with Crippen LogP contribution in [0.4, 0.5) is 0 Å². The number of ether oxygens (including phenoxy) is 1. The van der Waals surface area contributed by atoms with Crippen LogP contribution in [0.2, 0.25) is 0 Å². The maximum Gasteiger partial charge on any atom is 0.414 e. The smallest absolute Gasteiger partial charge is 0.414 e. The van der Waals surface area contributed by atoms with Gasteiger partial charge in [0.2, 0.25) is 0 Å². The van der Waals surface area contributed by atoms with Crippen LogP contribution in [0, 0.1) is 25.2 Å². The van der Waals surface area contributed by atoms with Crippen molar-refractivity contribution in [1.82, 2.24) is 9.55 Å². The molecule has 29 heavy (non-hydrogen) atoms. The fraction of sp³-hybridized carbons (Fsp3) is 0.238. The minimum Gasteiger partial charge on any atom is -0.492 e. The Labute approximate surface area is 167 Å². The third-order valence-electron chi connectivity index (χ3n) is 4.23. The van der Waals surface area contributed by atoms with E-state index in [1.165, 1.54) is 11.1 Å². The molecule has 0 unspecified atom stereocenters. The SMILES string of the molecule is Cc1cc2ncn(CCCOc3ccccc3C#N)c2cc1C.O=C(O)C(=O)O. The van der Waals surface area contributed by atoms with Gasteiger partial charge in [-0.15, -0.1) is 0 Å². The number of aliphatic carboxylic acids is 2. The number of para-hydroxylation sites is 1. The quantitative estimate of drug-likeness (QED) is 0.502. The van der Waals surface area contributed by atoms with Gasteiger partial charge in [-0.05, 0) is 55.7 Å². The van der Waals surface area contributed by atoms with E-state index in [0.29, 0.717) is 17.9 Å². The molecular weight excluding hydrogens is 374 g/mol. The van der Waals surface area contributed by atoms with Crippen molar-refractivity contribution in [2.24, 2.45) is 0 Å². The van der Waals surface area contributed by atoms with E-state index in [4.69, 9.17) is 29.8 Å². The molecule has 8 heteroatoms. The molecule has 0 aliphatic carbocycles. The molecule has 0 fully saturated rings. The highest BCUT2D eigenvalue weighted by atomic mass is 16.5. The lowest BCUT2D eigenvalue weighted by atomic mass is 10.1. The molecule has 1 aromatic heterocycles. The number of rotatable bonds is 5. The van der Waals surface area contributed by atoms with Crippen LogP contribution in [0.3, 0.4) is 0 Å². The molecule has 2 aromatic carbocycles. The van der Waals surface area contributed by atoms with Gasteiger partial charge in [-0.3, -0.25) is 0 Å². The fourth-order valence-electron chi connectivity index (χ4n) is 2.59. The lowest BCUT2D eigenvalue weighted by Crippen LogP contribution is -2.09. The van der Waals surface area contributed by atoms with E-state index < -0.39 is 11.9 Å². The zero-order chi connectivity index (χ0) is 21.4. The summed E-state index contributed by atoms with van der Waals surface area (Å²) in [6.07, 6.45) is 2.74. The monoisotopic (exact) mass is 395 g/mol. The predicted octanol–water partition coefficient (Wildman–Crippen LogP) is 3.15. The van der Waals surface area contributed by atoms with Crippen LogP contribution in [-0.2, 0) is 16.1 Å². The van der Waals surface area contributed by atoms with Gasteiger partial charge in [0.15, 0.2) is 0 Å². The molecule has 0 bridgehead atoms. The molecule has 0 saturated carbocycles. The van der Waals surface area contributed by atoms with Gasteiger partial charge in [0.05, 0.1) is 29.5 Å². The minimum absolute atomic E-state index is 0.573. The van der Waals surface area contributed by atoms with Crippen LogP contribution >= 0.6 is 0 Å². The Morgan fingerprint density at radius 1 is 1.14 bits per heavy atom. The largest absolute Gasteiger partial charge is 0.492 e. The molecule has 0 aliphatic rings. The molecule has 0 saturated heterocycles. The molecule has 3 aromatic rings. The summed E-state index contributed by atoms with van der Waals surface area (Å²) >= 11 is 0. The number of imidazole rings is 1. The zero-order valence-corrected chi connectivity index (χ0v) is 16.1. The van der Waals surface area contributed by atoms with Crippen molar-refractivity contribution in [3.63, 3.8) is 0 Å². The highest BCUT2D eigenvalue weighted by Crippen LogP contribution is 2.19. The number of carbonyl (C=O) groups is 2. The van der Waals surface area contributed by atoms with Crippen LogP contribution in [0.1, 0.15) is 23.1 Å². The molecule has 150 valence electrons. The van der Waals surface area contributed by atoms with Crippen LogP contribution < -0.4 is 4.74 Å². The van der Waals surface area contributed by atoms with Crippen molar-refractivity contribution < 1.29 is 24.5 Å². The minimum atomic E-state index is -1.82. The molecule has 0 amide bonds. The van der Waals surface area contributed by atoms with Crippen molar-refractivity contribution in [3.05, 3.63) is 59.4 Å². The van der Waals surface area contributed by atoms with Gasteiger partial charge in [-0.1, -0.05) is 12.1 Å². The van der Waals surface area contributed by atoms with E-state index in [1.807, 2.05) is 24.5 Å². The number of carboxylic acid groups (broad SMARTS) is 2. The second kappa shape index (κ2) is 9.90. The van der Waals surface area contributed by atoms with Crippen LogP contribution in [0.25, 0.3) is 11.0 Å². The number of hydrogen-bond donors (Lipinski definition) is 2. The van der Waals surface area contributed by atoms with E-state index in [0.717, 1.165) is 24.0 Å². The molecule has 8 nitrogen and oxygen atoms in total. The Hall–Kier alpha value is -3.86. The molecular formula is C21H21N3O5. The third kappa shape index (κ3) is 5.81. The first-order valence-electron chi connectivity index (χ1n) is 8.83. The fourth-order valence-corrected chi connectivity index (χ4v) is 2.59. The second-order valence-electron chi connectivity index (χ2n) is 6.28. The first-order chi connectivity index (χ1) is 13.8. The van der Waals surface area contributed by atoms with Gasteiger partial charge in [0.25, 0.3) is 0 Å². The Morgan fingerprint density at radius 2 is 1.79 bits per heavy atom. The molecule has 0 atom stereocenters. The number of aryl methyl sites for hydroxylation is 3. The summed E-state index contributed by atoms with van der Waals surface area (Å²) in [4.78, 5) is 22.7. The number of carboxylic acids is 2. The summed E-state index contributed by atoms with van der Waals surface area (Å²) in [7, 11) is 0. The van der Waals surface area contributed by atoms with Crippen molar-refractivity contribution in [2.45, 2.75) is 26.8 Å². The Bertz CT molecular complexity index is 1050. The van der Waals surface area contributed by atoms with Crippen molar-refractivity contribution in [1.29, 1.82) is 5.26 Å². The highest BCUT2D eigenvalue weighted by Gasteiger charge is 2.06. The summed E-state index contributed by atoms with van der Waals surface area (Å²) in [5, 5.41) is 23.8.